The fraction of sp³-hybridized carbons (Fsp3) is 0.222. The normalized spacial score (nSPS) is 23.3. The summed E-state index contributed by atoms with van der Waals surface area (Å²) in [5.41, 5.74) is 2.58. The number of nitrogens with zero attached hydrogens (tertiary/aromatic N) is 3. The Labute approximate surface area is 168 Å². The van der Waals surface area contributed by atoms with Crippen LogP contribution in [0.5, 0.6) is 0 Å². The number of benzene rings is 1. The van der Waals surface area contributed by atoms with Crippen molar-refractivity contribution in [2.75, 3.05) is 5.75 Å². The van der Waals surface area contributed by atoms with E-state index in [-0.39, 0.29) is 28.1 Å². The summed E-state index contributed by atoms with van der Waals surface area (Å²) < 4.78 is 0. The van der Waals surface area contributed by atoms with Crippen molar-refractivity contribution in [1.29, 1.82) is 0 Å². The van der Waals surface area contributed by atoms with Crippen molar-refractivity contribution in [3.05, 3.63) is 46.7 Å². The molecule has 2 N–H and O–H groups in total. The number of amides is 4. The maximum absolute atomic E-state index is 12.8. The highest BCUT2D eigenvalue weighted by atomic mass is 32.2. The van der Waals surface area contributed by atoms with E-state index in [2.05, 4.69) is 10.5 Å². The Morgan fingerprint density at radius 1 is 1.17 bits per heavy atom. The molecule has 148 valence electrons. The molecular weight excluding hydrogens is 400 g/mol. The van der Waals surface area contributed by atoms with Gasteiger partial charge in [0.2, 0.25) is 5.91 Å². The number of thioether (sulfide) groups is 1. The third kappa shape index (κ3) is 2.81. The van der Waals surface area contributed by atoms with Crippen LogP contribution in [0.1, 0.15) is 27.6 Å². The third-order valence-electron chi connectivity index (χ3n) is 4.72. The molecule has 0 aliphatic carbocycles. The fourth-order valence-electron chi connectivity index (χ4n) is 3.49. The summed E-state index contributed by atoms with van der Waals surface area (Å²) in [4.78, 5) is 62.9. The lowest BCUT2D eigenvalue weighted by Gasteiger charge is -2.51. The van der Waals surface area contributed by atoms with Gasteiger partial charge in [-0.05, 0) is 12.1 Å². The number of hydrazone groups is 1. The zero-order valence-corrected chi connectivity index (χ0v) is 15.8. The minimum Gasteiger partial charge on any atom is -0.477 e. The van der Waals surface area contributed by atoms with Crippen molar-refractivity contribution >= 4 is 47.6 Å². The molecule has 1 unspecified atom stereocenters. The molecule has 4 amide bonds. The summed E-state index contributed by atoms with van der Waals surface area (Å²) in [5, 5.41) is 12.6. The lowest BCUT2D eigenvalue weighted by molar-refractivity contribution is -0.151. The number of nitrogens with one attached hydrogen (secondary N) is 1. The van der Waals surface area contributed by atoms with Crippen LogP contribution in [0.15, 0.2) is 40.6 Å². The summed E-state index contributed by atoms with van der Waals surface area (Å²) >= 11 is 1.22. The Balaban J connectivity index is 1.64. The molecule has 3 heterocycles. The van der Waals surface area contributed by atoms with Gasteiger partial charge in [-0.2, -0.15) is 5.10 Å². The van der Waals surface area contributed by atoms with Gasteiger partial charge >= 0.3 is 5.97 Å². The molecule has 3 aliphatic rings. The van der Waals surface area contributed by atoms with E-state index < -0.39 is 41.0 Å². The molecule has 1 saturated heterocycles. The predicted molar refractivity (Wildman–Crippen MR) is 101 cm³/mol. The molecule has 0 saturated carbocycles. The van der Waals surface area contributed by atoms with Crippen molar-refractivity contribution in [3.8, 4) is 0 Å². The zero-order valence-electron chi connectivity index (χ0n) is 15.0. The first-order valence-electron chi connectivity index (χ1n) is 8.50. The molecule has 0 spiro atoms. The van der Waals surface area contributed by atoms with Crippen molar-refractivity contribution in [2.45, 2.75) is 18.3 Å². The largest absolute Gasteiger partial charge is 0.477 e. The number of carbonyl (C=O) groups is 5. The van der Waals surface area contributed by atoms with Crippen LogP contribution in [0.2, 0.25) is 0 Å². The second-order valence-electron chi connectivity index (χ2n) is 6.49. The Morgan fingerprint density at radius 3 is 2.34 bits per heavy atom. The van der Waals surface area contributed by atoms with Crippen LogP contribution in [0, 0.1) is 0 Å². The first-order valence-corrected chi connectivity index (χ1v) is 9.55. The Bertz CT molecular complexity index is 1010. The van der Waals surface area contributed by atoms with E-state index in [0.717, 1.165) is 9.80 Å². The second kappa shape index (κ2) is 6.85. The Kier molecular flexibility index (Phi) is 4.46. The van der Waals surface area contributed by atoms with Crippen LogP contribution in [-0.4, -0.2) is 67.9 Å². The molecule has 1 aromatic carbocycles. The molecule has 1 fully saturated rings. The van der Waals surface area contributed by atoms with E-state index in [1.165, 1.54) is 37.0 Å². The summed E-state index contributed by atoms with van der Waals surface area (Å²) in [7, 11) is 0. The lowest BCUT2D eigenvalue weighted by Crippen LogP contribution is -2.71. The molecule has 4 rings (SSSR count). The summed E-state index contributed by atoms with van der Waals surface area (Å²) in [5.74, 6) is -3.37. The van der Waals surface area contributed by atoms with Gasteiger partial charge in [0.1, 0.15) is 17.1 Å². The molecule has 29 heavy (non-hydrogen) atoms. The number of carboxylic acid groups (broad SMARTS) is 1. The highest BCUT2D eigenvalue weighted by molar-refractivity contribution is 8.00. The van der Waals surface area contributed by atoms with Gasteiger partial charge in [0.15, 0.2) is 0 Å². The van der Waals surface area contributed by atoms with E-state index >= 15 is 0 Å². The van der Waals surface area contributed by atoms with Gasteiger partial charge in [0.05, 0.1) is 17.3 Å². The van der Waals surface area contributed by atoms with Gasteiger partial charge in [-0.15, -0.1) is 11.8 Å². The minimum absolute atomic E-state index is 0.179. The molecule has 1 aromatic rings. The number of carbonyl (C=O) groups excluding carboxylic acids is 4. The van der Waals surface area contributed by atoms with E-state index in [0.29, 0.717) is 0 Å². The maximum atomic E-state index is 12.8. The first kappa shape index (κ1) is 18.9. The van der Waals surface area contributed by atoms with Crippen LogP contribution < -0.4 is 5.43 Å². The number of hydrogen-bond donors (Lipinski definition) is 2. The van der Waals surface area contributed by atoms with Crippen molar-refractivity contribution in [3.63, 3.8) is 0 Å². The number of carboxylic acids is 1. The molecule has 3 aliphatic heterocycles. The molecular formula is C18H14N4O6S. The smallest absolute Gasteiger partial charge is 0.353 e. The number of fused-ring (bicyclic) bond motifs is 2. The molecule has 10 nitrogen and oxygen atoms in total. The molecule has 0 radical (unpaired) electrons. The maximum Gasteiger partial charge on any atom is 0.353 e. The van der Waals surface area contributed by atoms with Crippen LogP contribution >= 0.6 is 11.8 Å². The second-order valence-corrected chi connectivity index (χ2v) is 7.59. The zero-order chi connectivity index (χ0) is 20.9. The van der Waals surface area contributed by atoms with Gasteiger partial charge in [0, 0.05) is 18.2 Å². The van der Waals surface area contributed by atoms with E-state index in [4.69, 9.17) is 0 Å². The van der Waals surface area contributed by atoms with Crippen molar-refractivity contribution in [2.24, 2.45) is 5.10 Å². The highest BCUT2D eigenvalue weighted by Gasteiger charge is 2.59. The van der Waals surface area contributed by atoms with Crippen LogP contribution in [0.25, 0.3) is 0 Å². The number of β-lactam (4-membered cyclic amide) rings is 1. The summed E-state index contributed by atoms with van der Waals surface area (Å²) in [6.45, 7) is 1.25. The van der Waals surface area contributed by atoms with Crippen LogP contribution in [0.3, 0.4) is 0 Å². The van der Waals surface area contributed by atoms with Crippen molar-refractivity contribution in [1.82, 2.24) is 15.2 Å². The van der Waals surface area contributed by atoms with Crippen LogP contribution in [0.4, 0.5) is 0 Å². The number of imide groups is 1. The van der Waals surface area contributed by atoms with E-state index in [1.807, 2.05) is 0 Å². The summed E-state index contributed by atoms with van der Waals surface area (Å²) in [6.07, 6.45) is 1.18. The standard InChI is InChI=1S/C18H14N4O6S/c1-8(23)20-19-6-9-7-29-17-13(16(26)22(17)12(9)18(27)28)21-14(24)10-4-2-3-5-11(10)15(21)25/h2-6,13,17H,7H2,1H3,(H,20,23)(H,27,28)/b19-6+/t13?,17-/m1/s1. The molecule has 2 atom stereocenters. The predicted octanol–water partition coefficient (Wildman–Crippen LogP) is 0.0269. The Morgan fingerprint density at radius 2 is 1.79 bits per heavy atom. The number of hydrogen-bond acceptors (Lipinski definition) is 7. The van der Waals surface area contributed by atoms with Gasteiger partial charge in [0.25, 0.3) is 17.7 Å². The SMILES string of the molecule is CC(=O)N/N=C/C1=C(C(=O)O)N2C(=O)C(N3C(=O)c4ccccc4C3=O)[C@H]2SC1. The van der Waals surface area contributed by atoms with Gasteiger partial charge in [-0.3, -0.25) is 29.0 Å². The van der Waals surface area contributed by atoms with Gasteiger partial charge in [-0.1, -0.05) is 12.1 Å². The minimum atomic E-state index is -1.34. The quantitative estimate of drug-likeness (QED) is 0.307. The van der Waals surface area contributed by atoms with E-state index in [1.54, 1.807) is 12.1 Å². The van der Waals surface area contributed by atoms with Gasteiger partial charge < -0.3 is 5.11 Å². The highest BCUT2D eigenvalue weighted by Crippen LogP contribution is 2.43. The molecule has 0 aromatic heterocycles. The number of aliphatic carboxylic acids is 1. The first-order chi connectivity index (χ1) is 13.8. The molecule has 11 heteroatoms. The third-order valence-corrected chi connectivity index (χ3v) is 6.01. The monoisotopic (exact) mass is 414 g/mol. The fourth-order valence-corrected chi connectivity index (χ4v) is 4.83. The van der Waals surface area contributed by atoms with Gasteiger partial charge in [-0.25, -0.2) is 10.2 Å². The Hall–Kier alpha value is -3.47. The van der Waals surface area contributed by atoms with Crippen molar-refractivity contribution < 1.29 is 29.1 Å². The lowest BCUT2D eigenvalue weighted by atomic mass is 10.0. The number of rotatable bonds is 4. The topological polar surface area (TPSA) is 136 Å². The average Bonchev–Trinajstić information content (AvgIpc) is 2.93. The van der Waals surface area contributed by atoms with E-state index in [9.17, 15) is 29.1 Å². The average molecular weight is 414 g/mol. The molecule has 0 bridgehead atoms. The summed E-state index contributed by atoms with van der Waals surface area (Å²) in [6, 6.07) is 5.22. The van der Waals surface area contributed by atoms with Crippen LogP contribution in [-0.2, 0) is 14.4 Å².